The Bertz CT molecular complexity index is 36.7. The molecule has 0 fully saturated rings. The zero-order valence-electron chi connectivity index (χ0n) is 2.73. The van der Waals surface area contributed by atoms with Gasteiger partial charge in [0.1, 0.15) is 0 Å². The summed E-state index contributed by atoms with van der Waals surface area (Å²) in [6, 6.07) is 0. The molecule has 0 rings (SSSR count). The molecule has 0 atom stereocenters. The van der Waals surface area contributed by atoms with Crippen molar-refractivity contribution < 1.29 is 27.0 Å². The molecule has 0 aromatic heterocycles. The zero-order chi connectivity index (χ0) is 3.58. The first-order valence-electron chi connectivity index (χ1n) is 0.928. The van der Waals surface area contributed by atoms with E-state index in [1.807, 2.05) is 0 Å². The number of rotatable bonds is 0. The van der Waals surface area contributed by atoms with E-state index in [9.17, 15) is 0 Å². The van der Waals surface area contributed by atoms with Crippen LogP contribution in [0, 0.1) is 0 Å². The third kappa shape index (κ3) is 72.4. The zero-order valence-corrected chi connectivity index (χ0v) is 3.91. The Labute approximate surface area is 97.5 Å². The Morgan fingerprint density at radius 1 is 1.43 bits per heavy atom. The molecule has 35 valence electrons. The van der Waals surface area contributed by atoms with Crippen molar-refractivity contribution in [2.75, 3.05) is 0 Å². The second-order valence-electron chi connectivity index (χ2n) is 0.519. The van der Waals surface area contributed by atoms with Crippen molar-refractivity contribution in [3.8, 4) is 0 Å². The minimum atomic E-state index is -0.833. The van der Waals surface area contributed by atoms with Crippen LogP contribution in [0.5, 0.6) is 0 Å². The van der Waals surface area contributed by atoms with Crippen LogP contribution in [0.2, 0.25) is 0 Å². The van der Waals surface area contributed by atoms with Crippen LogP contribution >= 0.6 is 0 Å². The molecule has 0 saturated heterocycles. The Kier molecular flexibility index (Phi) is 51.6. The molecule has 5 heteroatoms. The first kappa shape index (κ1) is 23.0. The standard InChI is InChI=1S/C2H4O2.Mn.2Na.2H/c1-2(3)4;;;;;/h1H3,(H,3,4);;;;;. The number of hydrogen-bond acceptors (Lipinski definition) is 1. The molecule has 1 radical (unpaired) electrons. The van der Waals surface area contributed by atoms with Gasteiger partial charge in [-0.05, 0) is 0 Å². The summed E-state index contributed by atoms with van der Waals surface area (Å²) in [5, 5.41) is 7.42. The van der Waals surface area contributed by atoms with Crippen LogP contribution in [0.3, 0.4) is 0 Å². The van der Waals surface area contributed by atoms with Crippen LogP contribution < -0.4 is 0 Å². The van der Waals surface area contributed by atoms with Gasteiger partial charge in [-0.3, -0.25) is 4.79 Å². The van der Waals surface area contributed by atoms with Gasteiger partial charge in [0.2, 0.25) is 0 Å². The maximum atomic E-state index is 9.00. The van der Waals surface area contributed by atoms with E-state index in [0.717, 1.165) is 6.92 Å². The number of hydrogen-bond donors (Lipinski definition) is 1. The average Bonchev–Trinajstić information content (AvgIpc) is 0.811. The molecule has 0 aromatic carbocycles. The number of carbonyl (C=O) groups is 1. The topological polar surface area (TPSA) is 37.3 Å². The van der Waals surface area contributed by atoms with Crippen molar-refractivity contribution in [2.24, 2.45) is 0 Å². The van der Waals surface area contributed by atoms with Gasteiger partial charge >= 0.3 is 59.1 Å². The quantitative estimate of drug-likeness (QED) is 0.455. The molecule has 0 aromatic rings. The van der Waals surface area contributed by atoms with Crippen molar-refractivity contribution >= 4 is 65.1 Å². The second-order valence-corrected chi connectivity index (χ2v) is 0.519. The van der Waals surface area contributed by atoms with Crippen LogP contribution in [-0.2, 0) is 21.9 Å². The second kappa shape index (κ2) is 15.7. The van der Waals surface area contributed by atoms with Gasteiger partial charge in [0.05, 0.1) is 0 Å². The molecule has 0 aliphatic rings. The van der Waals surface area contributed by atoms with Crippen molar-refractivity contribution in [3.05, 3.63) is 0 Å². The van der Waals surface area contributed by atoms with Crippen molar-refractivity contribution in [1.29, 1.82) is 0 Å². The Hall–Kier alpha value is 1.99. The van der Waals surface area contributed by atoms with E-state index in [2.05, 4.69) is 0 Å². The number of carboxylic acids is 1. The fourth-order valence-electron chi connectivity index (χ4n) is 0. The third-order valence-corrected chi connectivity index (χ3v) is 0. The number of aliphatic carboxylic acids is 1. The molecular formula is C2H6MnNa2O2. The molecule has 1 N–H and O–H groups in total. The molecule has 0 aliphatic carbocycles. The first-order chi connectivity index (χ1) is 1.73. The van der Waals surface area contributed by atoms with Crippen molar-refractivity contribution in [2.45, 2.75) is 6.92 Å². The van der Waals surface area contributed by atoms with Gasteiger partial charge < -0.3 is 5.11 Å². The Morgan fingerprint density at radius 3 is 1.43 bits per heavy atom. The van der Waals surface area contributed by atoms with Gasteiger partial charge in [-0.2, -0.15) is 0 Å². The van der Waals surface area contributed by atoms with Gasteiger partial charge in [-0.1, -0.05) is 0 Å². The van der Waals surface area contributed by atoms with Gasteiger partial charge in [0.15, 0.2) is 0 Å². The number of carboxylic acid groups (broad SMARTS) is 1. The molecule has 0 aliphatic heterocycles. The Balaban J connectivity index is -0.0000000150. The fraction of sp³-hybridized carbons (Fsp3) is 0.500. The predicted octanol–water partition coefficient (Wildman–Crippen LogP) is -1.21. The van der Waals surface area contributed by atoms with Crippen LogP contribution in [-0.4, -0.2) is 70.2 Å². The molecular weight excluding hydrogens is 157 g/mol. The van der Waals surface area contributed by atoms with Gasteiger partial charge in [-0.25, -0.2) is 0 Å². The monoisotopic (exact) mass is 163 g/mol. The van der Waals surface area contributed by atoms with E-state index >= 15 is 0 Å². The molecule has 0 bridgehead atoms. The van der Waals surface area contributed by atoms with Gasteiger partial charge in [0, 0.05) is 24.0 Å². The van der Waals surface area contributed by atoms with E-state index < -0.39 is 5.97 Å². The van der Waals surface area contributed by atoms with E-state index in [1.54, 1.807) is 0 Å². The summed E-state index contributed by atoms with van der Waals surface area (Å²) in [5.74, 6) is -0.833. The van der Waals surface area contributed by atoms with E-state index in [4.69, 9.17) is 9.90 Å². The molecule has 0 amide bonds. The normalized spacial score (nSPS) is 3.57. The summed E-state index contributed by atoms with van der Waals surface area (Å²) in [6.07, 6.45) is 0. The van der Waals surface area contributed by atoms with E-state index in [-0.39, 0.29) is 76.2 Å². The minimum absolute atomic E-state index is 0. The summed E-state index contributed by atoms with van der Waals surface area (Å²) in [7, 11) is 0. The summed E-state index contributed by atoms with van der Waals surface area (Å²) < 4.78 is 0. The molecule has 0 heterocycles. The molecule has 7 heavy (non-hydrogen) atoms. The van der Waals surface area contributed by atoms with Crippen molar-refractivity contribution in [3.63, 3.8) is 0 Å². The third-order valence-electron chi connectivity index (χ3n) is 0. The summed E-state index contributed by atoms with van der Waals surface area (Å²) in [6.45, 7) is 1.08. The maximum absolute atomic E-state index is 9.00. The molecule has 0 unspecified atom stereocenters. The predicted molar refractivity (Wildman–Crippen MR) is 27.6 cm³/mol. The fourth-order valence-corrected chi connectivity index (χ4v) is 0. The van der Waals surface area contributed by atoms with Crippen LogP contribution in [0.25, 0.3) is 0 Å². The van der Waals surface area contributed by atoms with E-state index in [1.165, 1.54) is 0 Å². The van der Waals surface area contributed by atoms with Crippen LogP contribution in [0.4, 0.5) is 0 Å². The summed E-state index contributed by atoms with van der Waals surface area (Å²) in [5.41, 5.74) is 0. The van der Waals surface area contributed by atoms with Gasteiger partial charge in [0.25, 0.3) is 5.97 Å². The molecule has 2 nitrogen and oxygen atoms in total. The van der Waals surface area contributed by atoms with Crippen LogP contribution in [0.1, 0.15) is 6.92 Å². The van der Waals surface area contributed by atoms with Crippen LogP contribution in [0.15, 0.2) is 0 Å². The summed E-state index contributed by atoms with van der Waals surface area (Å²) >= 11 is 0. The van der Waals surface area contributed by atoms with Crippen molar-refractivity contribution in [1.82, 2.24) is 0 Å². The Morgan fingerprint density at radius 2 is 1.43 bits per heavy atom. The van der Waals surface area contributed by atoms with Gasteiger partial charge in [-0.15, -0.1) is 0 Å². The molecule has 0 spiro atoms. The van der Waals surface area contributed by atoms with E-state index in [0.29, 0.717) is 0 Å². The SMILES string of the molecule is CC(=O)O.[Mn].[NaH].[NaH]. The first-order valence-corrected chi connectivity index (χ1v) is 0.928. The average molecular weight is 163 g/mol. The molecule has 0 saturated carbocycles. The summed E-state index contributed by atoms with van der Waals surface area (Å²) in [4.78, 5) is 9.00.